The van der Waals surface area contributed by atoms with Crippen LogP contribution in [0.4, 0.5) is 0 Å². The highest BCUT2D eigenvalue weighted by Gasteiger charge is 2.24. The number of carbonyl (C=O) groups is 1. The van der Waals surface area contributed by atoms with Gasteiger partial charge in [0.05, 0.1) is 23.2 Å². The average molecular weight is 382 g/mol. The van der Waals surface area contributed by atoms with Crippen LogP contribution in [0.5, 0.6) is 17.2 Å². The highest BCUT2D eigenvalue weighted by molar-refractivity contribution is 5.94. The zero-order valence-corrected chi connectivity index (χ0v) is 16.2. The maximum absolute atomic E-state index is 12.7. The SMILES string of the molecule is CC(C)Oc1c(OC(=O)c2ccccc2)c(=O)oc2c(OC(C)C)cccc12. The van der Waals surface area contributed by atoms with Gasteiger partial charge in [-0.1, -0.05) is 24.3 Å². The van der Waals surface area contributed by atoms with Crippen LogP contribution in [0.15, 0.2) is 57.7 Å². The number of esters is 1. The van der Waals surface area contributed by atoms with Gasteiger partial charge in [-0.3, -0.25) is 0 Å². The maximum Gasteiger partial charge on any atom is 0.383 e. The number of rotatable bonds is 6. The summed E-state index contributed by atoms with van der Waals surface area (Å²) in [5, 5.41) is 0.488. The number of para-hydroxylation sites is 1. The minimum Gasteiger partial charge on any atom is -0.487 e. The van der Waals surface area contributed by atoms with E-state index < -0.39 is 11.6 Å². The van der Waals surface area contributed by atoms with E-state index in [4.69, 9.17) is 18.6 Å². The summed E-state index contributed by atoms with van der Waals surface area (Å²) in [6.45, 7) is 7.38. The summed E-state index contributed by atoms with van der Waals surface area (Å²) in [6.07, 6.45) is -0.366. The van der Waals surface area contributed by atoms with Gasteiger partial charge in [-0.05, 0) is 52.0 Å². The Morgan fingerprint density at radius 1 is 0.857 bits per heavy atom. The van der Waals surface area contributed by atoms with Crippen molar-refractivity contribution in [3.8, 4) is 17.2 Å². The van der Waals surface area contributed by atoms with Crippen LogP contribution in [-0.4, -0.2) is 18.2 Å². The van der Waals surface area contributed by atoms with Crippen LogP contribution in [0.25, 0.3) is 11.0 Å². The third-order valence-corrected chi connectivity index (χ3v) is 3.73. The molecule has 0 aliphatic carbocycles. The van der Waals surface area contributed by atoms with Crippen molar-refractivity contribution in [3.63, 3.8) is 0 Å². The van der Waals surface area contributed by atoms with Gasteiger partial charge in [0.2, 0.25) is 0 Å². The van der Waals surface area contributed by atoms with Crippen LogP contribution in [0.1, 0.15) is 38.1 Å². The lowest BCUT2D eigenvalue weighted by molar-refractivity contribution is 0.0718. The van der Waals surface area contributed by atoms with Gasteiger partial charge in [0.15, 0.2) is 17.1 Å². The monoisotopic (exact) mass is 382 g/mol. The second-order valence-corrected chi connectivity index (χ2v) is 6.77. The van der Waals surface area contributed by atoms with E-state index in [1.807, 2.05) is 27.7 Å². The number of benzene rings is 2. The normalized spacial score (nSPS) is 11.1. The van der Waals surface area contributed by atoms with Gasteiger partial charge in [-0.2, -0.15) is 0 Å². The molecule has 1 heterocycles. The molecular formula is C22H22O6. The average Bonchev–Trinajstić information content (AvgIpc) is 2.65. The van der Waals surface area contributed by atoms with E-state index in [2.05, 4.69) is 0 Å². The lowest BCUT2D eigenvalue weighted by Gasteiger charge is -2.17. The largest absolute Gasteiger partial charge is 0.487 e. The molecule has 0 amide bonds. The van der Waals surface area contributed by atoms with Crippen LogP contribution >= 0.6 is 0 Å². The number of carbonyl (C=O) groups excluding carboxylic acids is 1. The third-order valence-electron chi connectivity index (χ3n) is 3.73. The molecule has 3 aromatic rings. The molecular weight excluding hydrogens is 360 g/mol. The lowest BCUT2D eigenvalue weighted by Crippen LogP contribution is -2.18. The molecule has 0 aliphatic rings. The standard InChI is InChI=1S/C22H22O6/c1-13(2)25-17-12-8-11-16-18(17)27-22(24)20(19(16)26-14(3)4)28-21(23)15-9-6-5-7-10-15/h5-14H,1-4H3. The Morgan fingerprint density at radius 2 is 1.54 bits per heavy atom. The number of ether oxygens (including phenoxy) is 3. The first-order valence-corrected chi connectivity index (χ1v) is 9.07. The molecule has 0 fully saturated rings. The van der Waals surface area contributed by atoms with Crippen molar-refractivity contribution in [2.24, 2.45) is 0 Å². The Labute approximate surface area is 162 Å². The molecule has 1 aromatic heterocycles. The van der Waals surface area contributed by atoms with Crippen LogP contribution < -0.4 is 19.8 Å². The number of fused-ring (bicyclic) bond motifs is 1. The van der Waals surface area contributed by atoms with Crippen molar-refractivity contribution in [1.29, 1.82) is 0 Å². The molecule has 0 bridgehead atoms. The molecule has 28 heavy (non-hydrogen) atoms. The van der Waals surface area contributed by atoms with Gasteiger partial charge < -0.3 is 18.6 Å². The van der Waals surface area contributed by atoms with Crippen molar-refractivity contribution in [3.05, 3.63) is 64.5 Å². The molecule has 6 nitrogen and oxygen atoms in total. The summed E-state index contributed by atoms with van der Waals surface area (Å²) in [5.41, 5.74) is -0.252. The number of hydrogen-bond acceptors (Lipinski definition) is 6. The van der Waals surface area contributed by atoms with Gasteiger partial charge in [0, 0.05) is 0 Å². The van der Waals surface area contributed by atoms with E-state index in [1.54, 1.807) is 48.5 Å². The van der Waals surface area contributed by atoms with E-state index in [1.165, 1.54) is 0 Å². The van der Waals surface area contributed by atoms with Crippen LogP contribution in [-0.2, 0) is 0 Å². The predicted octanol–water partition coefficient (Wildman–Crippen LogP) is 4.59. The van der Waals surface area contributed by atoms with Crippen molar-refractivity contribution >= 4 is 16.9 Å². The Balaban J connectivity index is 2.15. The van der Waals surface area contributed by atoms with Crippen LogP contribution in [0.3, 0.4) is 0 Å². The Bertz CT molecular complexity index is 1030. The Hall–Kier alpha value is -3.28. The van der Waals surface area contributed by atoms with E-state index in [0.717, 1.165) is 0 Å². The second-order valence-electron chi connectivity index (χ2n) is 6.77. The highest BCUT2D eigenvalue weighted by Crippen LogP contribution is 2.38. The molecule has 3 rings (SSSR count). The fraction of sp³-hybridized carbons (Fsp3) is 0.273. The molecule has 0 saturated carbocycles. The van der Waals surface area contributed by atoms with E-state index in [0.29, 0.717) is 16.7 Å². The zero-order valence-electron chi connectivity index (χ0n) is 16.2. The van der Waals surface area contributed by atoms with Crippen LogP contribution in [0.2, 0.25) is 0 Å². The first kappa shape index (κ1) is 19.5. The first-order valence-electron chi connectivity index (χ1n) is 9.07. The fourth-order valence-corrected chi connectivity index (χ4v) is 2.67. The second kappa shape index (κ2) is 8.17. The molecule has 0 aliphatic heterocycles. The molecule has 2 aromatic carbocycles. The Kier molecular flexibility index (Phi) is 5.68. The van der Waals surface area contributed by atoms with Crippen molar-refractivity contribution in [2.45, 2.75) is 39.9 Å². The summed E-state index contributed by atoms with van der Waals surface area (Å²) >= 11 is 0. The molecule has 146 valence electrons. The summed E-state index contributed by atoms with van der Waals surface area (Å²) in [5.74, 6) is -0.383. The topological polar surface area (TPSA) is 75.0 Å². The van der Waals surface area contributed by atoms with Crippen molar-refractivity contribution < 1.29 is 23.4 Å². The van der Waals surface area contributed by atoms with Gasteiger partial charge >= 0.3 is 11.6 Å². The van der Waals surface area contributed by atoms with Crippen LogP contribution in [0, 0.1) is 0 Å². The van der Waals surface area contributed by atoms with Gasteiger partial charge in [-0.25, -0.2) is 9.59 Å². The molecule has 0 unspecified atom stereocenters. The molecule has 0 N–H and O–H groups in total. The third kappa shape index (κ3) is 4.17. The van der Waals surface area contributed by atoms with Gasteiger partial charge in [-0.15, -0.1) is 0 Å². The molecule has 0 radical (unpaired) electrons. The summed E-state index contributed by atoms with van der Waals surface area (Å²) in [7, 11) is 0. The number of hydrogen-bond donors (Lipinski definition) is 0. The molecule has 0 atom stereocenters. The minimum atomic E-state index is -0.813. The molecule has 0 saturated heterocycles. The van der Waals surface area contributed by atoms with E-state index >= 15 is 0 Å². The Morgan fingerprint density at radius 3 is 2.18 bits per heavy atom. The first-order chi connectivity index (χ1) is 13.4. The van der Waals surface area contributed by atoms with Gasteiger partial charge in [0.1, 0.15) is 0 Å². The fourth-order valence-electron chi connectivity index (χ4n) is 2.67. The summed E-state index contributed by atoms with van der Waals surface area (Å²) in [4.78, 5) is 25.1. The zero-order chi connectivity index (χ0) is 20.3. The van der Waals surface area contributed by atoms with Crippen molar-refractivity contribution in [1.82, 2.24) is 0 Å². The molecule has 0 spiro atoms. The highest BCUT2D eigenvalue weighted by atomic mass is 16.6. The molecule has 6 heteroatoms. The van der Waals surface area contributed by atoms with E-state index in [-0.39, 0.29) is 29.3 Å². The summed E-state index contributed by atoms with van der Waals surface area (Å²) in [6, 6.07) is 13.6. The van der Waals surface area contributed by atoms with Crippen molar-refractivity contribution in [2.75, 3.05) is 0 Å². The smallest absolute Gasteiger partial charge is 0.383 e. The van der Waals surface area contributed by atoms with E-state index in [9.17, 15) is 9.59 Å². The predicted molar refractivity (Wildman–Crippen MR) is 105 cm³/mol. The van der Waals surface area contributed by atoms with Gasteiger partial charge in [0.25, 0.3) is 5.75 Å². The quantitative estimate of drug-likeness (QED) is 0.459. The summed E-state index contributed by atoms with van der Waals surface area (Å²) < 4.78 is 22.4. The lowest BCUT2D eigenvalue weighted by atomic mass is 10.2. The minimum absolute atomic E-state index is 0.110. The maximum atomic E-state index is 12.7.